The summed E-state index contributed by atoms with van der Waals surface area (Å²) in [5.74, 6) is -0.245. The Kier molecular flexibility index (Phi) is 6.64. The van der Waals surface area contributed by atoms with Gasteiger partial charge in [0.25, 0.3) is 5.91 Å². The van der Waals surface area contributed by atoms with Gasteiger partial charge in [-0.2, -0.15) is 11.3 Å². The first-order valence-corrected chi connectivity index (χ1v) is 9.72. The molecular weight excluding hydrogens is 374 g/mol. The average Bonchev–Trinajstić information content (AvgIpc) is 3.22. The van der Waals surface area contributed by atoms with Crippen molar-refractivity contribution in [3.8, 4) is 0 Å². The predicted octanol–water partition coefficient (Wildman–Crippen LogP) is 4.05. The lowest BCUT2D eigenvalue weighted by Gasteiger charge is -2.09. The first-order valence-electron chi connectivity index (χ1n) is 8.78. The quantitative estimate of drug-likeness (QED) is 0.526. The summed E-state index contributed by atoms with van der Waals surface area (Å²) in [6.07, 6.45) is 0.240. The van der Waals surface area contributed by atoms with Crippen LogP contribution in [0.4, 0.5) is 16.2 Å². The topological polar surface area (TPSA) is 93.5 Å². The number of nitrogen functional groups attached to an aromatic ring is 1. The lowest BCUT2D eigenvalue weighted by atomic mass is 10.1. The van der Waals surface area contributed by atoms with Crippen LogP contribution < -0.4 is 16.4 Å². The van der Waals surface area contributed by atoms with Crippen LogP contribution in [0.15, 0.2) is 65.4 Å². The highest BCUT2D eigenvalue weighted by Crippen LogP contribution is 2.18. The molecule has 0 saturated heterocycles. The Balaban J connectivity index is 1.44. The summed E-state index contributed by atoms with van der Waals surface area (Å²) in [6.45, 7) is 0.662. The third-order valence-electron chi connectivity index (χ3n) is 4.07. The van der Waals surface area contributed by atoms with Crippen LogP contribution in [0.3, 0.4) is 0 Å². The van der Waals surface area contributed by atoms with Crippen LogP contribution in [0, 0.1) is 0 Å². The van der Waals surface area contributed by atoms with Crippen molar-refractivity contribution in [2.75, 3.05) is 17.7 Å². The third-order valence-corrected chi connectivity index (χ3v) is 4.80. The fourth-order valence-corrected chi connectivity index (χ4v) is 3.20. The molecule has 2 amide bonds. The second-order valence-electron chi connectivity index (χ2n) is 6.11. The van der Waals surface area contributed by atoms with Crippen molar-refractivity contribution in [3.05, 3.63) is 82.0 Å². The van der Waals surface area contributed by atoms with Crippen molar-refractivity contribution < 1.29 is 14.3 Å². The van der Waals surface area contributed by atoms with Gasteiger partial charge in [-0.1, -0.05) is 24.3 Å². The Labute approximate surface area is 167 Å². The molecular formula is C21H21N3O3S. The molecule has 1 heterocycles. The van der Waals surface area contributed by atoms with Crippen molar-refractivity contribution in [2.24, 2.45) is 0 Å². The molecule has 6 nitrogen and oxygen atoms in total. The number of carbonyl (C=O) groups excluding carboxylic acids is 2. The van der Waals surface area contributed by atoms with Crippen molar-refractivity contribution in [2.45, 2.75) is 13.0 Å². The monoisotopic (exact) mass is 395 g/mol. The maximum Gasteiger partial charge on any atom is 0.407 e. The SMILES string of the molecule is Nc1ccccc1NC(=O)c1ccc(CNC(=O)OCCc2ccsc2)cc1. The highest BCUT2D eigenvalue weighted by Gasteiger charge is 2.08. The van der Waals surface area contributed by atoms with E-state index in [1.807, 2.05) is 16.8 Å². The minimum atomic E-state index is -0.461. The Hall–Kier alpha value is -3.32. The summed E-state index contributed by atoms with van der Waals surface area (Å²) in [5.41, 5.74) is 9.44. The van der Waals surface area contributed by atoms with E-state index in [1.54, 1.807) is 59.9 Å². The van der Waals surface area contributed by atoms with Crippen LogP contribution in [0.25, 0.3) is 0 Å². The van der Waals surface area contributed by atoms with Gasteiger partial charge >= 0.3 is 6.09 Å². The van der Waals surface area contributed by atoms with Crippen molar-refractivity contribution in [3.63, 3.8) is 0 Å². The molecule has 4 N–H and O–H groups in total. The van der Waals surface area contributed by atoms with Gasteiger partial charge in [-0.15, -0.1) is 0 Å². The molecule has 0 unspecified atom stereocenters. The molecule has 3 rings (SSSR count). The Morgan fingerprint density at radius 3 is 2.50 bits per heavy atom. The second kappa shape index (κ2) is 9.57. The number of nitrogens with two attached hydrogens (primary N) is 1. The normalized spacial score (nSPS) is 10.3. The molecule has 28 heavy (non-hydrogen) atoms. The van der Waals surface area contributed by atoms with Crippen LogP contribution in [0.5, 0.6) is 0 Å². The van der Waals surface area contributed by atoms with E-state index < -0.39 is 6.09 Å². The van der Waals surface area contributed by atoms with Crippen LogP contribution in [-0.4, -0.2) is 18.6 Å². The van der Waals surface area contributed by atoms with E-state index in [2.05, 4.69) is 10.6 Å². The minimum absolute atomic E-state index is 0.245. The predicted molar refractivity (Wildman–Crippen MR) is 111 cm³/mol. The van der Waals surface area contributed by atoms with Crippen LogP contribution >= 0.6 is 11.3 Å². The number of rotatable bonds is 7. The molecule has 0 fully saturated rings. The van der Waals surface area contributed by atoms with Crippen molar-refractivity contribution in [1.82, 2.24) is 5.32 Å². The molecule has 144 valence electrons. The van der Waals surface area contributed by atoms with Gasteiger partial charge in [-0.3, -0.25) is 4.79 Å². The highest BCUT2D eigenvalue weighted by atomic mass is 32.1. The molecule has 0 atom stereocenters. The van der Waals surface area contributed by atoms with Crippen LogP contribution in [-0.2, 0) is 17.7 Å². The lowest BCUT2D eigenvalue weighted by molar-refractivity contribution is 0.102. The molecule has 0 aliphatic heterocycles. The van der Waals surface area contributed by atoms with E-state index in [1.165, 1.54) is 0 Å². The first kappa shape index (κ1) is 19.4. The molecule has 0 aliphatic rings. The summed E-state index contributed by atoms with van der Waals surface area (Å²) >= 11 is 1.62. The zero-order valence-corrected chi connectivity index (χ0v) is 16.0. The third kappa shape index (κ3) is 5.59. The zero-order chi connectivity index (χ0) is 19.8. The molecule has 0 saturated carbocycles. The lowest BCUT2D eigenvalue weighted by Crippen LogP contribution is -2.24. The van der Waals surface area contributed by atoms with Crippen LogP contribution in [0.2, 0.25) is 0 Å². The molecule has 2 aromatic carbocycles. The van der Waals surface area contributed by atoms with Gasteiger partial charge in [-0.05, 0) is 52.2 Å². The van der Waals surface area contributed by atoms with E-state index in [0.717, 1.165) is 11.1 Å². The molecule has 0 aliphatic carbocycles. The second-order valence-corrected chi connectivity index (χ2v) is 6.89. The molecule has 0 radical (unpaired) electrons. The zero-order valence-electron chi connectivity index (χ0n) is 15.2. The summed E-state index contributed by atoms with van der Waals surface area (Å²) < 4.78 is 5.16. The number of alkyl carbamates (subject to hydrolysis) is 1. The van der Waals surface area contributed by atoms with E-state index in [4.69, 9.17) is 10.5 Å². The summed E-state index contributed by atoms with van der Waals surface area (Å²) in [5, 5.41) is 9.50. The number of nitrogens with one attached hydrogen (secondary N) is 2. The van der Waals surface area contributed by atoms with Gasteiger partial charge in [-0.25, -0.2) is 4.79 Å². The Morgan fingerprint density at radius 1 is 1.00 bits per heavy atom. The number of hydrogen-bond acceptors (Lipinski definition) is 5. The van der Waals surface area contributed by atoms with Gasteiger partial charge in [0, 0.05) is 18.5 Å². The maximum atomic E-state index is 12.3. The number of ether oxygens (including phenoxy) is 1. The summed E-state index contributed by atoms with van der Waals surface area (Å²) in [6, 6.07) is 16.1. The maximum absolute atomic E-state index is 12.3. The number of para-hydroxylation sites is 2. The van der Waals surface area contributed by atoms with Gasteiger partial charge in [0.2, 0.25) is 0 Å². The average molecular weight is 395 g/mol. The number of anilines is 2. The number of hydrogen-bond donors (Lipinski definition) is 3. The van der Waals surface area contributed by atoms with E-state index >= 15 is 0 Å². The molecule has 7 heteroatoms. The number of amides is 2. The number of carbonyl (C=O) groups is 2. The first-order chi connectivity index (χ1) is 13.6. The largest absolute Gasteiger partial charge is 0.449 e. The smallest absolute Gasteiger partial charge is 0.407 e. The van der Waals surface area contributed by atoms with Crippen molar-refractivity contribution >= 4 is 34.7 Å². The molecule has 0 bridgehead atoms. The van der Waals surface area contributed by atoms with Gasteiger partial charge in [0.15, 0.2) is 0 Å². The number of thiophene rings is 1. The Bertz CT molecular complexity index is 924. The Morgan fingerprint density at radius 2 is 1.79 bits per heavy atom. The van der Waals surface area contributed by atoms with Gasteiger partial charge < -0.3 is 21.1 Å². The van der Waals surface area contributed by atoms with E-state index in [9.17, 15) is 9.59 Å². The summed E-state index contributed by atoms with van der Waals surface area (Å²) in [4.78, 5) is 24.1. The van der Waals surface area contributed by atoms with Gasteiger partial charge in [0.05, 0.1) is 18.0 Å². The van der Waals surface area contributed by atoms with E-state index in [-0.39, 0.29) is 5.91 Å². The highest BCUT2D eigenvalue weighted by molar-refractivity contribution is 7.07. The minimum Gasteiger partial charge on any atom is -0.449 e. The molecule has 1 aromatic heterocycles. The standard InChI is InChI=1S/C21H21N3O3S/c22-18-3-1-2-4-19(18)24-20(25)17-7-5-15(6-8-17)13-23-21(26)27-11-9-16-10-12-28-14-16/h1-8,10,12,14H,9,11,13,22H2,(H,23,26)(H,24,25). The summed E-state index contributed by atoms with van der Waals surface area (Å²) in [7, 11) is 0. The van der Waals surface area contributed by atoms with Crippen LogP contribution in [0.1, 0.15) is 21.5 Å². The molecule has 0 spiro atoms. The fraction of sp³-hybridized carbons (Fsp3) is 0.143. The number of benzene rings is 2. The van der Waals surface area contributed by atoms with Crippen molar-refractivity contribution in [1.29, 1.82) is 0 Å². The van der Waals surface area contributed by atoms with Gasteiger partial charge in [0.1, 0.15) is 0 Å². The fourth-order valence-electron chi connectivity index (χ4n) is 2.50. The van der Waals surface area contributed by atoms with E-state index in [0.29, 0.717) is 36.5 Å². The molecule has 3 aromatic rings.